The molecule has 2 aliphatic heterocycles. The lowest BCUT2D eigenvalue weighted by Gasteiger charge is -2.32. The van der Waals surface area contributed by atoms with Crippen LogP contribution in [0, 0.1) is 0 Å². The van der Waals surface area contributed by atoms with Crippen LogP contribution >= 0.6 is 0 Å². The van der Waals surface area contributed by atoms with Crippen LogP contribution in [0.3, 0.4) is 0 Å². The van der Waals surface area contributed by atoms with Gasteiger partial charge in [0.25, 0.3) is 0 Å². The van der Waals surface area contributed by atoms with E-state index in [-0.39, 0.29) is 11.7 Å². The maximum Gasteiger partial charge on any atom is 0.418 e. The van der Waals surface area contributed by atoms with Gasteiger partial charge < -0.3 is 20.3 Å². The summed E-state index contributed by atoms with van der Waals surface area (Å²) in [4.78, 5) is 16.7. The number of nitrogens with one attached hydrogen (secondary N) is 2. The Morgan fingerprint density at radius 3 is 2.36 bits per heavy atom. The third-order valence-corrected chi connectivity index (χ3v) is 6.10. The Morgan fingerprint density at radius 2 is 1.70 bits per heavy atom. The number of likely N-dealkylation sites (tertiary alicyclic amines) is 1. The molecular weight excluding hydrogens is 433 g/mol. The Labute approximate surface area is 191 Å². The van der Waals surface area contributed by atoms with Gasteiger partial charge in [0.15, 0.2) is 0 Å². The predicted molar refractivity (Wildman–Crippen MR) is 121 cm³/mol. The molecule has 0 saturated carbocycles. The molecule has 9 heteroatoms. The summed E-state index contributed by atoms with van der Waals surface area (Å²) in [6.07, 6.45) is -3.07. The summed E-state index contributed by atoms with van der Waals surface area (Å²) in [5, 5.41) is 5.26. The molecule has 2 amide bonds. The van der Waals surface area contributed by atoms with Gasteiger partial charge >= 0.3 is 12.2 Å². The van der Waals surface area contributed by atoms with Crippen LogP contribution in [0.25, 0.3) is 0 Å². The number of carbonyl (C=O) groups excluding carboxylic acids is 1. The van der Waals surface area contributed by atoms with Gasteiger partial charge in [-0.25, -0.2) is 4.79 Å². The van der Waals surface area contributed by atoms with E-state index in [2.05, 4.69) is 27.7 Å². The van der Waals surface area contributed by atoms with Crippen molar-refractivity contribution in [1.82, 2.24) is 10.2 Å². The van der Waals surface area contributed by atoms with Crippen molar-refractivity contribution in [2.75, 3.05) is 49.6 Å². The molecule has 2 aromatic carbocycles. The van der Waals surface area contributed by atoms with E-state index in [0.717, 1.165) is 38.5 Å². The fraction of sp³-hybridized carbons (Fsp3) is 0.458. The highest BCUT2D eigenvalue weighted by Crippen LogP contribution is 2.37. The van der Waals surface area contributed by atoms with Crippen molar-refractivity contribution in [3.8, 4) is 0 Å². The maximum atomic E-state index is 13.7. The Balaban J connectivity index is 1.33. The fourth-order valence-corrected chi connectivity index (χ4v) is 4.31. The third-order valence-electron chi connectivity index (χ3n) is 6.10. The lowest BCUT2D eigenvalue weighted by molar-refractivity contribution is -0.136. The molecule has 0 radical (unpaired) electrons. The minimum Gasteiger partial charge on any atom is -0.378 e. The Morgan fingerprint density at radius 1 is 1.00 bits per heavy atom. The van der Waals surface area contributed by atoms with Crippen molar-refractivity contribution in [1.29, 1.82) is 0 Å². The third kappa shape index (κ3) is 6.39. The number of hydrogen-bond acceptors (Lipinski definition) is 4. The van der Waals surface area contributed by atoms with Crippen LogP contribution < -0.4 is 15.5 Å². The van der Waals surface area contributed by atoms with Gasteiger partial charge in [0.05, 0.1) is 24.5 Å². The summed E-state index contributed by atoms with van der Waals surface area (Å²) in [7, 11) is 0. The van der Waals surface area contributed by atoms with Gasteiger partial charge in [0.1, 0.15) is 0 Å². The van der Waals surface area contributed by atoms with Crippen molar-refractivity contribution in [3.05, 3.63) is 59.7 Å². The van der Waals surface area contributed by atoms with Crippen LogP contribution in [-0.2, 0) is 17.5 Å². The van der Waals surface area contributed by atoms with E-state index in [0.29, 0.717) is 32.0 Å². The molecular formula is C24H29F3N4O2. The molecule has 4 rings (SSSR count). The summed E-state index contributed by atoms with van der Waals surface area (Å²) in [6.45, 7) is 4.52. The second kappa shape index (κ2) is 10.4. The van der Waals surface area contributed by atoms with E-state index in [9.17, 15) is 18.0 Å². The Kier molecular flexibility index (Phi) is 7.39. The Bertz CT molecular complexity index is 925. The van der Waals surface area contributed by atoms with Gasteiger partial charge in [-0.1, -0.05) is 30.3 Å². The Hall–Kier alpha value is -2.78. The van der Waals surface area contributed by atoms with Crippen molar-refractivity contribution < 1.29 is 22.7 Å². The minimum atomic E-state index is -4.58. The van der Waals surface area contributed by atoms with Gasteiger partial charge in [0, 0.05) is 44.5 Å². The topological polar surface area (TPSA) is 56.8 Å². The molecule has 2 aliphatic rings. The molecule has 6 nitrogen and oxygen atoms in total. The zero-order valence-electron chi connectivity index (χ0n) is 18.4. The number of anilines is 2. The van der Waals surface area contributed by atoms with E-state index in [4.69, 9.17) is 4.74 Å². The highest BCUT2D eigenvalue weighted by molar-refractivity contribution is 5.90. The molecule has 178 valence electrons. The lowest BCUT2D eigenvalue weighted by Crippen LogP contribution is -2.45. The number of urea groups is 1. The second-order valence-electron chi connectivity index (χ2n) is 8.46. The van der Waals surface area contributed by atoms with Crippen LogP contribution in [0.4, 0.5) is 29.3 Å². The van der Waals surface area contributed by atoms with E-state index in [1.807, 2.05) is 23.1 Å². The van der Waals surface area contributed by atoms with E-state index >= 15 is 0 Å². The van der Waals surface area contributed by atoms with Gasteiger partial charge in [-0.3, -0.25) is 4.90 Å². The quantitative estimate of drug-likeness (QED) is 0.695. The molecule has 0 bridgehead atoms. The van der Waals surface area contributed by atoms with Crippen molar-refractivity contribution in [3.63, 3.8) is 0 Å². The van der Waals surface area contributed by atoms with Gasteiger partial charge in [-0.15, -0.1) is 0 Å². The number of nitrogens with zero attached hydrogens (tertiary/aromatic N) is 2. The van der Waals surface area contributed by atoms with Crippen LogP contribution in [0.15, 0.2) is 48.5 Å². The lowest BCUT2D eigenvalue weighted by atomic mass is 10.0. The number of carbonyl (C=O) groups is 1. The average Bonchev–Trinajstić information content (AvgIpc) is 2.81. The zero-order valence-corrected chi connectivity index (χ0v) is 18.4. The minimum absolute atomic E-state index is 0.0704. The molecule has 2 saturated heterocycles. The molecule has 33 heavy (non-hydrogen) atoms. The van der Waals surface area contributed by atoms with E-state index in [1.54, 1.807) is 6.07 Å². The van der Waals surface area contributed by atoms with Crippen LogP contribution in [0.5, 0.6) is 0 Å². The average molecular weight is 463 g/mol. The first-order chi connectivity index (χ1) is 15.9. The van der Waals surface area contributed by atoms with Gasteiger partial charge in [-0.05, 0) is 36.6 Å². The fourth-order valence-electron chi connectivity index (χ4n) is 4.31. The molecule has 0 atom stereocenters. The summed E-state index contributed by atoms with van der Waals surface area (Å²) in [6, 6.07) is 13.5. The SMILES string of the molecule is O=C(Nc1ccc(N2CCOCC2)cc1C(F)(F)F)NC1CCN(Cc2ccccc2)CC1. The second-order valence-corrected chi connectivity index (χ2v) is 8.46. The maximum absolute atomic E-state index is 13.7. The number of benzene rings is 2. The summed E-state index contributed by atoms with van der Waals surface area (Å²) >= 11 is 0. The molecule has 0 unspecified atom stereocenters. The number of ether oxygens (including phenoxy) is 1. The first-order valence-electron chi connectivity index (χ1n) is 11.3. The number of morpholine rings is 1. The molecule has 2 aromatic rings. The summed E-state index contributed by atoms with van der Waals surface area (Å²) in [5.74, 6) is 0. The first kappa shape index (κ1) is 23.4. The summed E-state index contributed by atoms with van der Waals surface area (Å²) < 4.78 is 46.4. The van der Waals surface area contributed by atoms with Gasteiger partial charge in [-0.2, -0.15) is 13.2 Å². The molecule has 0 aliphatic carbocycles. The largest absolute Gasteiger partial charge is 0.418 e. The molecule has 0 aromatic heterocycles. The number of amides is 2. The molecule has 2 N–H and O–H groups in total. The number of halogens is 3. The van der Waals surface area contributed by atoms with Crippen LogP contribution in [-0.4, -0.2) is 56.4 Å². The smallest absolute Gasteiger partial charge is 0.378 e. The van der Waals surface area contributed by atoms with Crippen molar-refractivity contribution in [2.24, 2.45) is 0 Å². The van der Waals surface area contributed by atoms with Gasteiger partial charge in [0.2, 0.25) is 0 Å². The highest BCUT2D eigenvalue weighted by atomic mass is 19.4. The van der Waals surface area contributed by atoms with E-state index in [1.165, 1.54) is 11.6 Å². The molecule has 2 fully saturated rings. The van der Waals surface area contributed by atoms with Crippen molar-refractivity contribution in [2.45, 2.75) is 31.6 Å². The molecule has 2 heterocycles. The number of rotatable bonds is 5. The number of alkyl halides is 3. The van der Waals surface area contributed by atoms with Crippen molar-refractivity contribution >= 4 is 17.4 Å². The monoisotopic (exact) mass is 462 g/mol. The zero-order chi connectivity index (χ0) is 23.3. The highest BCUT2D eigenvalue weighted by Gasteiger charge is 2.35. The van der Waals surface area contributed by atoms with E-state index < -0.39 is 17.8 Å². The molecule has 0 spiro atoms. The predicted octanol–water partition coefficient (Wildman–Crippen LogP) is 4.33. The standard InChI is InChI=1S/C24H29F3N4O2/c25-24(26,27)21-16-20(31-12-14-33-15-13-31)6-7-22(21)29-23(32)28-19-8-10-30(11-9-19)17-18-4-2-1-3-5-18/h1-7,16,19H,8-15,17H2,(H2,28,29,32). The number of piperidine rings is 1. The van der Waals surface area contributed by atoms with Crippen LogP contribution in [0.2, 0.25) is 0 Å². The normalized spacial score (nSPS) is 18.2. The summed E-state index contributed by atoms with van der Waals surface area (Å²) in [5.41, 5.74) is 0.627. The van der Waals surface area contributed by atoms with Crippen LogP contribution in [0.1, 0.15) is 24.0 Å². The first-order valence-corrected chi connectivity index (χ1v) is 11.3. The number of hydrogen-bond donors (Lipinski definition) is 2.